The van der Waals surface area contributed by atoms with Gasteiger partial charge in [0.2, 0.25) is 11.7 Å². The van der Waals surface area contributed by atoms with E-state index in [-0.39, 0.29) is 11.7 Å². The lowest BCUT2D eigenvalue weighted by molar-refractivity contribution is 0.429. The van der Waals surface area contributed by atoms with Crippen LogP contribution in [-0.4, -0.2) is 24.7 Å². The van der Waals surface area contributed by atoms with E-state index in [2.05, 4.69) is 20.1 Å². The van der Waals surface area contributed by atoms with Gasteiger partial charge in [-0.2, -0.15) is 4.98 Å². The van der Waals surface area contributed by atoms with Crippen molar-refractivity contribution in [2.75, 3.05) is 0 Å². The molecule has 3 aromatic heterocycles. The highest BCUT2D eigenvalue weighted by atomic mass is 19.1. The molecule has 0 aliphatic rings. The van der Waals surface area contributed by atoms with Gasteiger partial charge < -0.3 is 13.8 Å². The lowest BCUT2D eigenvalue weighted by Crippen LogP contribution is -1.92. The fraction of sp³-hybridized carbons (Fsp3) is 0.0476. The van der Waals surface area contributed by atoms with E-state index in [9.17, 15) is 4.39 Å². The van der Waals surface area contributed by atoms with E-state index >= 15 is 0 Å². The monoisotopic (exact) mass is 387 g/mol. The Hall–Kier alpha value is -4.07. The third-order valence-electron chi connectivity index (χ3n) is 4.46. The molecule has 0 aliphatic carbocycles. The van der Waals surface area contributed by atoms with Gasteiger partial charge in [-0.25, -0.2) is 14.4 Å². The average Bonchev–Trinajstić information content (AvgIpc) is 3.37. The minimum absolute atomic E-state index is 0.216. The predicted octanol–water partition coefficient (Wildman–Crippen LogP) is 4.62. The predicted molar refractivity (Wildman–Crippen MR) is 104 cm³/mol. The molecule has 0 saturated carbocycles. The summed E-state index contributed by atoms with van der Waals surface area (Å²) in [5, 5.41) is 5.04. The minimum Gasteiger partial charge on any atom is -0.437 e. The number of nitrogens with zero attached hydrogens (tertiary/aromatic N) is 5. The first-order valence-corrected chi connectivity index (χ1v) is 8.81. The number of aryl methyl sites for hydroxylation is 1. The van der Waals surface area contributed by atoms with E-state index in [1.165, 1.54) is 24.5 Å². The van der Waals surface area contributed by atoms with Gasteiger partial charge in [0.05, 0.1) is 17.9 Å². The number of benzene rings is 2. The van der Waals surface area contributed by atoms with Gasteiger partial charge in [0, 0.05) is 24.9 Å². The molecule has 3 heterocycles. The first kappa shape index (κ1) is 17.1. The summed E-state index contributed by atoms with van der Waals surface area (Å²) in [5.41, 5.74) is 2.12. The van der Waals surface area contributed by atoms with Crippen LogP contribution in [0.5, 0.6) is 11.6 Å². The fourth-order valence-electron chi connectivity index (χ4n) is 2.95. The third-order valence-corrected chi connectivity index (χ3v) is 4.46. The second kappa shape index (κ2) is 6.83. The molecule has 0 spiro atoms. The summed E-state index contributed by atoms with van der Waals surface area (Å²) >= 11 is 0. The molecule has 0 fully saturated rings. The standard InChI is InChI=1S/C21H14FN5O2/c1-27-9-8-13-4-7-16(10-18(13)27)28-19-12-23-17(11-24-19)21-25-20(26-29-21)14-2-5-15(22)6-3-14/h2-12H,1H3. The second-order valence-corrected chi connectivity index (χ2v) is 6.42. The van der Waals surface area contributed by atoms with Crippen LogP contribution >= 0.6 is 0 Å². The maximum atomic E-state index is 13.1. The minimum atomic E-state index is -0.329. The maximum Gasteiger partial charge on any atom is 0.278 e. The molecule has 5 aromatic rings. The van der Waals surface area contributed by atoms with Crippen molar-refractivity contribution in [3.63, 3.8) is 0 Å². The van der Waals surface area contributed by atoms with Crippen molar-refractivity contribution in [1.82, 2.24) is 24.7 Å². The Balaban J connectivity index is 1.36. The fourth-order valence-corrected chi connectivity index (χ4v) is 2.95. The molecule has 5 rings (SSSR count). The molecule has 8 heteroatoms. The summed E-state index contributed by atoms with van der Waals surface area (Å²) in [6.07, 6.45) is 4.98. The van der Waals surface area contributed by atoms with Crippen molar-refractivity contribution in [1.29, 1.82) is 0 Å². The Morgan fingerprint density at radius 2 is 1.86 bits per heavy atom. The summed E-state index contributed by atoms with van der Waals surface area (Å²) in [7, 11) is 1.98. The lowest BCUT2D eigenvalue weighted by atomic mass is 10.2. The quantitative estimate of drug-likeness (QED) is 0.448. The molecule has 0 N–H and O–H groups in total. The summed E-state index contributed by atoms with van der Waals surface area (Å²) in [6, 6.07) is 13.7. The van der Waals surface area contributed by atoms with E-state index < -0.39 is 0 Å². The molecule has 29 heavy (non-hydrogen) atoms. The summed E-state index contributed by atoms with van der Waals surface area (Å²) < 4.78 is 26.1. The first-order chi connectivity index (χ1) is 14.2. The molecule has 0 saturated heterocycles. The van der Waals surface area contributed by atoms with Gasteiger partial charge >= 0.3 is 0 Å². The Labute approximate surface area is 164 Å². The summed E-state index contributed by atoms with van der Waals surface area (Å²) in [5.74, 6) is 1.25. The molecule has 0 amide bonds. The number of fused-ring (bicyclic) bond motifs is 1. The van der Waals surface area contributed by atoms with E-state index in [0.717, 1.165) is 10.9 Å². The van der Waals surface area contributed by atoms with E-state index in [4.69, 9.17) is 9.26 Å². The van der Waals surface area contributed by atoms with Crippen molar-refractivity contribution in [3.05, 3.63) is 72.9 Å². The zero-order valence-electron chi connectivity index (χ0n) is 15.3. The third kappa shape index (κ3) is 3.31. The first-order valence-electron chi connectivity index (χ1n) is 8.81. The smallest absolute Gasteiger partial charge is 0.278 e. The van der Waals surface area contributed by atoms with E-state index in [1.807, 2.05) is 42.1 Å². The Kier molecular flexibility index (Phi) is 4.02. The number of aromatic nitrogens is 5. The van der Waals surface area contributed by atoms with E-state index in [0.29, 0.717) is 28.7 Å². The van der Waals surface area contributed by atoms with Gasteiger partial charge in [-0.15, -0.1) is 0 Å². The Morgan fingerprint density at radius 1 is 1.00 bits per heavy atom. The SMILES string of the molecule is Cn1ccc2ccc(Oc3cnc(-c4nc(-c5ccc(F)cc5)no4)cn3)cc21. The normalized spacial score (nSPS) is 11.1. The van der Waals surface area contributed by atoms with Crippen LogP contribution in [0.1, 0.15) is 0 Å². The topological polar surface area (TPSA) is 78.9 Å². The second-order valence-electron chi connectivity index (χ2n) is 6.42. The van der Waals surface area contributed by atoms with Crippen LogP contribution in [0.25, 0.3) is 33.9 Å². The van der Waals surface area contributed by atoms with Crippen molar-refractivity contribution < 1.29 is 13.7 Å². The highest BCUT2D eigenvalue weighted by molar-refractivity contribution is 5.81. The van der Waals surface area contributed by atoms with Crippen LogP contribution in [0.3, 0.4) is 0 Å². The van der Waals surface area contributed by atoms with Crippen LogP contribution in [0.15, 0.2) is 71.6 Å². The molecule has 0 bridgehead atoms. The molecule has 142 valence electrons. The Bertz CT molecular complexity index is 1290. The molecular weight excluding hydrogens is 373 g/mol. The molecule has 0 radical (unpaired) electrons. The van der Waals surface area contributed by atoms with Gasteiger partial charge in [0.1, 0.15) is 17.3 Å². The van der Waals surface area contributed by atoms with Crippen molar-refractivity contribution in [2.45, 2.75) is 0 Å². The molecule has 7 nitrogen and oxygen atoms in total. The van der Waals surface area contributed by atoms with Crippen molar-refractivity contribution in [2.24, 2.45) is 7.05 Å². The molecule has 0 unspecified atom stereocenters. The van der Waals surface area contributed by atoms with Crippen molar-refractivity contribution >= 4 is 10.9 Å². The zero-order valence-corrected chi connectivity index (χ0v) is 15.3. The zero-order chi connectivity index (χ0) is 19.8. The van der Waals surface area contributed by atoms with Crippen LogP contribution in [0, 0.1) is 5.82 Å². The van der Waals surface area contributed by atoms with Crippen LogP contribution in [-0.2, 0) is 7.05 Å². The van der Waals surface area contributed by atoms with Gasteiger partial charge in [-0.05, 0) is 47.9 Å². The number of halogens is 1. The highest BCUT2D eigenvalue weighted by Gasteiger charge is 2.13. The van der Waals surface area contributed by atoms with Gasteiger partial charge in [-0.1, -0.05) is 5.16 Å². The highest BCUT2D eigenvalue weighted by Crippen LogP contribution is 2.26. The van der Waals surface area contributed by atoms with E-state index in [1.54, 1.807) is 12.1 Å². The average molecular weight is 387 g/mol. The van der Waals surface area contributed by atoms with Crippen LogP contribution in [0.2, 0.25) is 0 Å². The summed E-state index contributed by atoms with van der Waals surface area (Å²) in [6.45, 7) is 0. The van der Waals surface area contributed by atoms with Gasteiger partial charge in [-0.3, -0.25) is 0 Å². The number of ether oxygens (including phenoxy) is 1. The molecule has 0 atom stereocenters. The number of rotatable bonds is 4. The lowest BCUT2D eigenvalue weighted by Gasteiger charge is -2.05. The molecular formula is C21H14FN5O2. The number of hydrogen-bond donors (Lipinski definition) is 0. The molecule has 2 aromatic carbocycles. The largest absolute Gasteiger partial charge is 0.437 e. The molecule has 0 aliphatic heterocycles. The van der Waals surface area contributed by atoms with Gasteiger partial charge in [0.25, 0.3) is 5.89 Å². The Morgan fingerprint density at radius 3 is 2.66 bits per heavy atom. The van der Waals surface area contributed by atoms with Gasteiger partial charge in [0.15, 0.2) is 0 Å². The maximum absolute atomic E-state index is 13.1. The van der Waals surface area contributed by atoms with Crippen molar-refractivity contribution in [3.8, 4) is 34.6 Å². The van der Waals surface area contributed by atoms with Crippen LogP contribution in [0.4, 0.5) is 4.39 Å². The van der Waals surface area contributed by atoms with Crippen LogP contribution < -0.4 is 4.74 Å². The number of hydrogen-bond acceptors (Lipinski definition) is 6. The summed E-state index contributed by atoms with van der Waals surface area (Å²) in [4.78, 5) is 12.8.